The van der Waals surface area contributed by atoms with Gasteiger partial charge in [-0.1, -0.05) is 0 Å². The average molecular weight is 189 g/mol. The van der Waals surface area contributed by atoms with Crippen LogP contribution in [-0.2, 0) is 0 Å². The van der Waals surface area contributed by atoms with E-state index >= 15 is 0 Å². The average Bonchev–Trinajstić information content (AvgIpc) is 2.27. The van der Waals surface area contributed by atoms with Crippen molar-refractivity contribution in [2.45, 2.75) is 44.9 Å². The molecule has 1 heterocycles. The van der Waals surface area contributed by atoms with Crippen LogP contribution in [0.4, 0.5) is 4.39 Å². The van der Waals surface area contributed by atoms with Crippen molar-refractivity contribution in [3.8, 4) is 0 Å². The molecule has 2 unspecified atom stereocenters. The zero-order valence-electron chi connectivity index (χ0n) is 8.38. The van der Waals surface area contributed by atoms with Crippen LogP contribution in [0.15, 0.2) is 0 Å². The van der Waals surface area contributed by atoms with Gasteiger partial charge in [-0.05, 0) is 39.2 Å². The molecule has 2 nitrogen and oxygen atoms in total. The van der Waals surface area contributed by atoms with Crippen LogP contribution >= 0.6 is 0 Å². The summed E-state index contributed by atoms with van der Waals surface area (Å²) in [6.07, 6.45) is 2.58. The zero-order valence-corrected chi connectivity index (χ0v) is 8.38. The van der Waals surface area contributed by atoms with Crippen LogP contribution in [0.25, 0.3) is 0 Å². The Morgan fingerprint density at radius 2 is 2.23 bits per heavy atom. The largest absolute Gasteiger partial charge is 0.393 e. The molecule has 2 atom stereocenters. The van der Waals surface area contributed by atoms with Crippen molar-refractivity contribution in [1.29, 1.82) is 0 Å². The van der Waals surface area contributed by atoms with Crippen LogP contribution in [0, 0.1) is 0 Å². The molecule has 0 radical (unpaired) electrons. The van der Waals surface area contributed by atoms with Crippen LogP contribution in [0.2, 0.25) is 0 Å². The number of likely N-dealkylation sites (tertiary alicyclic amines) is 1. The van der Waals surface area contributed by atoms with Crippen molar-refractivity contribution in [3.05, 3.63) is 0 Å². The van der Waals surface area contributed by atoms with Crippen LogP contribution in [0.5, 0.6) is 0 Å². The van der Waals surface area contributed by atoms with E-state index in [1.165, 1.54) is 0 Å². The van der Waals surface area contributed by atoms with Crippen LogP contribution in [0.3, 0.4) is 0 Å². The molecule has 0 aromatic rings. The molecule has 1 N–H and O–H groups in total. The normalized spacial score (nSPS) is 28.4. The summed E-state index contributed by atoms with van der Waals surface area (Å²) < 4.78 is 12.6. The predicted molar refractivity (Wildman–Crippen MR) is 51.5 cm³/mol. The molecule has 13 heavy (non-hydrogen) atoms. The molecule has 0 spiro atoms. The highest BCUT2D eigenvalue weighted by Gasteiger charge is 2.14. The van der Waals surface area contributed by atoms with E-state index in [1.54, 1.807) is 6.92 Å². The van der Waals surface area contributed by atoms with E-state index in [1.807, 2.05) is 0 Å². The molecular formula is C10H20FNO. The van der Waals surface area contributed by atoms with E-state index in [2.05, 4.69) is 4.90 Å². The molecule has 78 valence electrons. The number of nitrogens with zero attached hydrogens (tertiary/aromatic N) is 1. The number of alkyl halides is 1. The fourth-order valence-corrected chi connectivity index (χ4v) is 1.72. The van der Waals surface area contributed by atoms with E-state index in [9.17, 15) is 9.50 Å². The molecule has 0 aliphatic carbocycles. The van der Waals surface area contributed by atoms with E-state index in [4.69, 9.17) is 0 Å². The molecule has 1 rings (SSSR count). The second kappa shape index (κ2) is 5.55. The number of aliphatic hydroxyl groups excluding tert-OH is 1. The maximum atomic E-state index is 12.6. The monoisotopic (exact) mass is 189 g/mol. The van der Waals surface area contributed by atoms with Gasteiger partial charge in [0.2, 0.25) is 0 Å². The summed E-state index contributed by atoms with van der Waals surface area (Å²) >= 11 is 0. The summed E-state index contributed by atoms with van der Waals surface area (Å²) in [5, 5.41) is 9.38. The predicted octanol–water partition coefficient (Wildman–Crippen LogP) is 1.58. The number of hydrogen-bond acceptors (Lipinski definition) is 2. The minimum absolute atomic E-state index is 0.132. The standard InChI is InChI=1S/C10H20FNO/c1-9(11)4-7-12-6-2-3-10(13)5-8-12/h9-10,13H,2-8H2,1H3. The van der Waals surface area contributed by atoms with Gasteiger partial charge in [-0.3, -0.25) is 0 Å². The van der Waals surface area contributed by atoms with Crippen molar-refractivity contribution in [2.24, 2.45) is 0 Å². The molecule has 0 amide bonds. The van der Waals surface area contributed by atoms with Gasteiger partial charge in [-0.2, -0.15) is 0 Å². The SMILES string of the molecule is CC(F)CCN1CCCC(O)CC1. The summed E-state index contributed by atoms with van der Waals surface area (Å²) in [4.78, 5) is 2.26. The summed E-state index contributed by atoms with van der Waals surface area (Å²) in [5.74, 6) is 0. The van der Waals surface area contributed by atoms with Gasteiger partial charge < -0.3 is 10.0 Å². The molecule has 1 aliphatic heterocycles. The van der Waals surface area contributed by atoms with Gasteiger partial charge in [0.05, 0.1) is 12.3 Å². The Kier molecular flexibility index (Phi) is 4.67. The Labute approximate surface area is 79.7 Å². The first-order chi connectivity index (χ1) is 6.18. The van der Waals surface area contributed by atoms with E-state index < -0.39 is 6.17 Å². The maximum Gasteiger partial charge on any atom is 0.0985 e. The summed E-state index contributed by atoms with van der Waals surface area (Å²) in [7, 11) is 0. The Morgan fingerprint density at radius 3 is 2.92 bits per heavy atom. The maximum absolute atomic E-state index is 12.6. The first-order valence-corrected chi connectivity index (χ1v) is 5.23. The Morgan fingerprint density at radius 1 is 1.46 bits per heavy atom. The van der Waals surface area contributed by atoms with E-state index in [0.29, 0.717) is 6.42 Å². The third kappa shape index (κ3) is 4.58. The molecule has 0 saturated carbocycles. The van der Waals surface area contributed by atoms with Gasteiger partial charge in [0.1, 0.15) is 0 Å². The van der Waals surface area contributed by atoms with Crippen molar-refractivity contribution in [1.82, 2.24) is 4.90 Å². The molecule has 0 aromatic heterocycles. The molecule has 0 aromatic carbocycles. The van der Waals surface area contributed by atoms with Crippen molar-refractivity contribution in [2.75, 3.05) is 19.6 Å². The first-order valence-electron chi connectivity index (χ1n) is 5.23. The van der Waals surface area contributed by atoms with Crippen LogP contribution in [-0.4, -0.2) is 41.9 Å². The topological polar surface area (TPSA) is 23.5 Å². The minimum atomic E-state index is -0.701. The molecule has 3 heteroatoms. The van der Waals surface area contributed by atoms with Gasteiger partial charge in [0.25, 0.3) is 0 Å². The third-order valence-corrected chi connectivity index (χ3v) is 2.63. The summed E-state index contributed by atoms with van der Waals surface area (Å²) in [5.41, 5.74) is 0. The highest BCUT2D eigenvalue weighted by atomic mass is 19.1. The third-order valence-electron chi connectivity index (χ3n) is 2.63. The van der Waals surface area contributed by atoms with Crippen molar-refractivity contribution < 1.29 is 9.50 Å². The second-order valence-corrected chi connectivity index (χ2v) is 4.00. The lowest BCUT2D eigenvalue weighted by atomic mass is 10.2. The van der Waals surface area contributed by atoms with Crippen LogP contribution in [0.1, 0.15) is 32.6 Å². The first kappa shape index (κ1) is 10.9. The van der Waals surface area contributed by atoms with Crippen molar-refractivity contribution in [3.63, 3.8) is 0 Å². The molecule has 1 aliphatic rings. The molecule has 1 fully saturated rings. The number of hydrogen-bond donors (Lipinski definition) is 1. The quantitative estimate of drug-likeness (QED) is 0.728. The molecule has 1 saturated heterocycles. The van der Waals surface area contributed by atoms with Gasteiger partial charge in [-0.15, -0.1) is 0 Å². The second-order valence-electron chi connectivity index (χ2n) is 4.00. The van der Waals surface area contributed by atoms with Crippen LogP contribution < -0.4 is 0 Å². The molecule has 0 bridgehead atoms. The zero-order chi connectivity index (χ0) is 9.68. The van der Waals surface area contributed by atoms with Gasteiger partial charge in [-0.25, -0.2) is 4.39 Å². The lowest BCUT2D eigenvalue weighted by Crippen LogP contribution is -2.27. The van der Waals surface area contributed by atoms with Gasteiger partial charge >= 0.3 is 0 Å². The number of halogens is 1. The highest BCUT2D eigenvalue weighted by Crippen LogP contribution is 2.11. The van der Waals surface area contributed by atoms with Crippen molar-refractivity contribution >= 4 is 0 Å². The van der Waals surface area contributed by atoms with E-state index in [-0.39, 0.29) is 6.10 Å². The highest BCUT2D eigenvalue weighted by molar-refractivity contribution is 4.69. The van der Waals surface area contributed by atoms with E-state index in [0.717, 1.165) is 38.9 Å². The lowest BCUT2D eigenvalue weighted by Gasteiger charge is -2.19. The fraction of sp³-hybridized carbons (Fsp3) is 1.00. The number of aliphatic hydroxyl groups is 1. The Hall–Kier alpha value is -0.150. The fourth-order valence-electron chi connectivity index (χ4n) is 1.72. The smallest absolute Gasteiger partial charge is 0.0985 e. The van der Waals surface area contributed by atoms with Gasteiger partial charge in [0, 0.05) is 13.1 Å². The molecular weight excluding hydrogens is 169 g/mol. The minimum Gasteiger partial charge on any atom is -0.393 e. The number of rotatable bonds is 3. The Bertz CT molecular complexity index is 141. The summed E-state index contributed by atoms with van der Waals surface area (Å²) in [6.45, 7) is 4.38. The lowest BCUT2D eigenvalue weighted by molar-refractivity contribution is 0.154. The summed E-state index contributed by atoms with van der Waals surface area (Å²) in [6, 6.07) is 0. The van der Waals surface area contributed by atoms with Gasteiger partial charge in [0.15, 0.2) is 0 Å². The Balaban J connectivity index is 2.18.